The first-order chi connectivity index (χ1) is 6.65. The van der Waals surface area contributed by atoms with Crippen LogP contribution in [0.3, 0.4) is 0 Å². The van der Waals surface area contributed by atoms with Crippen LogP contribution in [0.1, 0.15) is 20.3 Å². The van der Waals surface area contributed by atoms with Gasteiger partial charge in [-0.05, 0) is 18.4 Å². The summed E-state index contributed by atoms with van der Waals surface area (Å²) in [6, 6.07) is 0.595. The average molecular weight is 196 g/mol. The van der Waals surface area contributed by atoms with E-state index in [0.717, 1.165) is 25.6 Å². The summed E-state index contributed by atoms with van der Waals surface area (Å²) in [5, 5.41) is 13.0. The van der Waals surface area contributed by atoms with Crippen molar-refractivity contribution in [2.24, 2.45) is 5.92 Å². The molecular weight excluding hydrogens is 176 g/mol. The number of nitrogens with one attached hydrogen (secondary N) is 1. The summed E-state index contributed by atoms with van der Waals surface area (Å²) in [5.41, 5.74) is 1.28. The maximum atomic E-state index is 9.48. The standard InChI is InChI=1S/C11H20N2O/c1-8(2)3-9-6-13-7-11(14)4-10(13)5-12-9/h4,8-9,11-12,14H,3,5-7H2,1-2H3. The van der Waals surface area contributed by atoms with Crippen molar-refractivity contribution in [3.63, 3.8) is 0 Å². The van der Waals surface area contributed by atoms with Gasteiger partial charge in [0.2, 0.25) is 0 Å². The molecule has 2 heterocycles. The Kier molecular flexibility index (Phi) is 2.79. The van der Waals surface area contributed by atoms with E-state index >= 15 is 0 Å². The first-order valence-electron chi connectivity index (χ1n) is 5.52. The van der Waals surface area contributed by atoms with Crippen LogP contribution in [0.15, 0.2) is 11.8 Å². The Balaban J connectivity index is 1.90. The Hall–Kier alpha value is -0.540. The van der Waals surface area contributed by atoms with Crippen LogP contribution in [0.2, 0.25) is 0 Å². The second-order valence-electron chi connectivity index (χ2n) is 4.84. The van der Waals surface area contributed by atoms with Crippen molar-refractivity contribution in [1.82, 2.24) is 10.2 Å². The van der Waals surface area contributed by atoms with Gasteiger partial charge in [-0.1, -0.05) is 13.8 Å². The van der Waals surface area contributed by atoms with E-state index in [1.807, 2.05) is 6.08 Å². The lowest BCUT2D eigenvalue weighted by atomic mass is 10.0. The van der Waals surface area contributed by atoms with Gasteiger partial charge in [0, 0.05) is 31.4 Å². The summed E-state index contributed by atoms with van der Waals surface area (Å²) in [7, 11) is 0. The van der Waals surface area contributed by atoms with Gasteiger partial charge in [0.15, 0.2) is 0 Å². The zero-order valence-electron chi connectivity index (χ0n) is 9.03. The summed E-state index contributed by atoms with van der Waals surface area (Å²) in [6.07, 6.45) is 2.95. The summed E-state index contributed by atoms with van der Waals surface area (Å²) in [6.45, 7) is 7.29. The lowest BCUT2D eigenvalue weighted by Crippen LogP contribution is -2.48. The van der Waals surface area contributed by atoms with Crippen molar-refractivity contribution in [2.75, 3.05) is 19.6 Å². The Labute approximate surface area is 85.8 Å². The highest BCUT2D eigenvalue weighted by atomic mass is 16.3. The molecule has 0 amide bonds. The van der Waals surface area contributed by atoms with Crippen molar-refractivity contribution in [2.45, 2.75) is 32.4 Å². The van der Waals surface area contributed by atoms with Crippen LogP contribution in [0.25, 0.3) is 0 Å². The molecule has 80 valence electrons. The number of nitrogens with zero attached hydrogens (tertiary/aromatic N) is 1. The van der Waals surface area contributed by atoms with Gasteiger partial charge in [-0.2, -0.15) is 0 Å². The van der Waals surface area contributed by atoms with E-state index in [2.05, 4.69) is 24.1 Å². The fourth-order valence-corrected chi connectivity index (χ4v) is 2.39. The van der Waals surface area contributed by atoms with Gasteiger partial charge in [0.1, 0.15) is 0 Å². The molecule has 2 unspecified atom stereocenters. The lowest BCUT2D eigenvalue weighted by Gasteiger charge is -2.35. The molecular formula is C11H20N2O. The van der Waals surface area contributed by atoms with Crippen LogP contribution in [0, 0.1) is 5.92 Å². The van der Waals surface area contributed by atoms with Crippen molar-refractivity contribution >= 4 is 0 Å². The van der Waals surface area contributed by atoms with Gasteiger partial charge < -0.3 is 15.3 Å². The molecule has 2 rings (SSSR count). The van der Waals surface area contributed by atoms with Gasteiger partial charge in [0.05, 0.1) is 6.10 Å². The molecule has 1 fully saturated rings. The molecule has 0 spiro atoms. The largest absolute Gasteiger partial charge is 0.387 e. The molecule has 0 aliphatic carbocycles. The maximum Gasteiger partial charge on any atom is 0.0915 e. The number of rotatable bonds is 2. The molecule has 2 N–H and O–H groups in total. The number of hydrogen-bond acceptors (Lipinski definition) is 3. The average Bonchev–Trinajstić information content (AvgIpc) is 2.42. The topological polar surface area (TPSA) is 35.5 Å². The molecule has 3 nitrogen and oxygen atoms in total. The summed E-state index contributed by atoms with van der Waals surface area (Å²) in [5.74, 6) is 0.741. The monoisotopic (exact) mass is 196 g/mol. The molecule has 2 aliphatic heterocycles. The SMILES string of the molecule is CC(C)CC1CN2CC(O)C=C2CN1. The Morgan fingerprint density at radius 1 is 1.57 bits per heavy atom. The summed E-state index contributed by atoms with van der Waals surface area (Å²) < 4.78 is 0. The minimum absolute atomic E-state index is 0.246. The molecule has 3 heteroatoms. The van der Waals surface area contributed by atoms with Gasteiger partial charge in [-0.15, -0.1) is 0 Å². The van der Waals surface area contributed by atoms with E-state index in [9.17, 15) is 5.11 Å². The van der Waals surface area contributed by atoms with Crippen LogP contribution in [0.4, 0.5) is 0 Å². The lowest BCUT2D eigenvalue weighted by molar-refractivity contribution is 0.172. The molecule has 0 aromatic heterocycles. The normalized spacial score (nSPS) is 32.0. The fourth-order valence-electron chi connectivity index (χ4n) is 2.39. The Bertz CT molecular complexity index is 237. The number of piperazine rings is 1. The van der Waals surface area contributed by atoms with E-state index in [4.69, 9.17) is 0 Å². The molecule has 14 heavy (non-hydrogen) atoms. The molecule has 2 atom stereocenters. The smallest absolute Gasteiger partial charge is 0.0915 e. The maximum absolute atomic E-state index is 9.48. The van der Waals surface area contributed by atoms with Crippen LogP contribution < -0.4 is 5.32 Å². The van der Waals surface area contributed by atoms with Crippen molar-refractivity contribution < 1.29 is 5.11 Å². The Morgan fingerprint density at radius 3 is 3.07 bits per heavy atom. The zero-order valence-corrected chi connectivity index (χ0v) is 9.03. The fraction of sp³-hybridized carbons (Fsp3) is 0.818. The van der Waals surface area contributed by atoms with E-state index < -0.39 is 0 Å². The molecule has 0 saturated carbocycles. The summed E-state index contributed by atoms with van der Waals surface area (Å²) >= 11 is 0. The van der Waals surface area contributed by atoms with E-state index in [-0.39, 0.29) is 6.10 Å². The van der Waals surface area contributed by atoms with E-state index in [1.165, 1.54) is 12.1 Å². The van der Waals surface area contributed by atoms with Crippen molar-refractivity contribution in [3.05, 3.63) is 11.8 Å². The van der Waals surface area contributed by atoms with E-state index in [1.54, 1.807) is 0 Å². The minimum atomic E-state index is -0.246. The molecule has 0 aromatic rings. The van der Waals surface area contributed by atoms with Crippen LogP contribution in [-0.4, -0.2) is 41.8 Å². The van der Waals surface area contributed by atoms with Crippen molar-refractivity contribution in [3.8, 4) is 0 Å². The second-order valence-corrected chi connectivity index (χ2v) is 4.84. The van der Waals surface area contributed by atoms with Crippen LogP contribution in [0.5, 0.6) is 0 Å². The molecule has 0 radical (unpaired) electrons. The highest BCUT2D eigenvalue weighted by Crippen LogP contribution is 2.20. The van der Waals surface area contributed by atoms with Crippen LogP contribution in [-0.2, 0) is 0 Å². The third-order valence-corrected chi connectivity index (χ3v) is 2.97. The van der Waals surface area contributed by atoms with Crippen LogP contribution >= 0.6 is 0 Å². The van der Waals surface area contributed by atoms with E-state index in [0.29, 0.717) is 6.04 Å². The zero-order chi connectivity index (χ0) is 10.1. The summed E-state index contributed by atoms with van der Waals surface area (Å²) in [4.78, 5) is 2.31. The predicted octanol–water partition coefficient (Wildman–Crippen LogP) is 0.565. The quantitative estimate of drug-likeness (QED) is 0.677. The third kappa shape index (κ3) is 2.10. The predicted molar refractivity (Wildman–Crippen MR) is 56.9 cm³/mol. The molecule has 2 aliphatic rings. The number of hydrogen-bond donors (Lipinski definition) is 2. The minimum Gasteiger partial charge on any atom is -0.387 e. The third-order valence-electron chi connectivity index (χ3n) is 2.97. The first kappa shape index (κ1) is 9.99. The highest BCUT2D eigenvalue weighted by molar-refractivity contribution is 5.16. The highest BCUT2D eigenvalue weighted by Gasteiger charge is 2.28. The van der Waals surface area contributed by atoms with Gasteiger partial charge >= 0.3 is 0 Å². The molecule has 1 saturated heterocycles. The number of fused-ring (bicyclic) bond motifs is 1. The number of aliphatic hydroxyl groups is 1. The second kappa shape index (κ2) is 3.91. The van der Waals surface area contributed by atoms with Gasteiger partial charge in [0.25, 0.3) is 0 Å². The number of aliphatic hydroxyl groups excluding tert-OH is 1. The van der Waals surface area contributed by atoms with Crippen molar-refractivity contribution in [1.29, 1.82) is 0 Å². The van der Waals surface area contributed by atoms with Gasteiger partial charge in [-0.3, -0.25) is 0 Å². The van der Waals surface area contributed by atoms with Gasteiger partial charge in [-0.25, -0.2) is 0 Å². The molecule has 0 bridgehead atoms. The Morgan fingerprint density at radius 2 is 2.36 bits per heavy atom. The first-order valence-corrected chi connectivity index (χ1v) is 5.52. The molecule has 0 aromatic carbocycles.